The Morgan fingerprint density at radius 2 is 1.68 bits per heavy atom. The molecule has 0 spiro atoms. The number of thiazole rings is 1. The second-order valence-electron chi connectivity index (χ2n) is 6.89. The summed E-state index contributed by atoms with van der Waals surface area (Å²) < 4.78 is 15.5. The van der Waals surface area contributed by atoms with E-state index in [0.717, 1.165) is 43.1 Å². The van der Waals surface area contributed by atoms with E-state index in [9.17, 15) is 4.39 Å². The minimum atomic E-state index is -0.238. The molecule has 0 aliphatic rings. The van der Waals surface area contributed by atoms with Crippen LogP contribution in [0.25, 0.3) is 11.3 Å². The van der Waals surface area contributed by atoms with Crippen molar-refractivity contribution in [3.63, 3.8) is 0 Å². The fraction of sp³-hybridized carbons (Fsp3) is 0.348. The third kappa shape index (κ3) is 5.18. The van der Waals surface area contributed by atoms with Gasteiger partial charge >= 0.3 is 0 Å². The van der Waals surface area contributed by atoms with Crippen molar-refractivity contribution in [2.45, 2.75) is 33.7 Å². The van der Waals surface area contributed by atoms with Gasteiger partial charge in [-0.1, -0.05) is 43.7 Å². The molecule has 3 rings (SSSR count). The van der Waals surface area contributed by atoms with Gasteiger partial charge in [-0.2, -0.15) is 0 Å². The van der Waals surface area contributed by atoms with Gasteiger partial charge in [-0.05, 0) is 62.8 Å². The van der Waals surface area contributed by atoms with Crippen molar-refractivity contribution in [3.8, 4) is 11.3 Å². The molecule has 28 heavy (non-hydrogen) atoms. The molecule has 5 heteroatoms. The van der Waals surface area contributed by atoms with E-state index >= 15 is 0 Å². The maximum absolute atomic E-state index is 13.2. The van der Waals surface area contributed by atoms with Gasteiger partial charge in [0, 0.05) is 11.9 Å². The Labute approximate surface area is 170 Å². The summed E-state index contributed by atoms with van der Waals surface area (Å²) in [6.45, 7) is 10.6. The second kappa shape index (κ2) is 9.80. The van der Waals surface area contributed by atoms with E-state index in [1.807, 2.05) is 0 Å². The van der Waals surface area contributed by atoms with Crippen molar-refractivity contribution in [3.05, 3.63) is 70.1 Å². The monoisotopic (exact) mass is 397 g/mol. The van der Waals surface area contributed by atoms with E-state index in [2.05, 4.69) is 59.9 Å². The van der Waals surface area contributed by atoms with Gasteiger partial charge in [0.1, 0.15) is 5.82 Å². The molecule has 0 saturated carbocycles. The predicted octanol–water partition coefficient (Wildman–Crippen LogP) is 5.63. The zero-order chi connectivity index (χ0) is 19.9. The normalized spacial score (nSPS) is 12.1. The van der Waals surface area contributed by atoms with Gasteiger partial charge in [-0.25, -0.2) is 9.38 Å². The molecule has 0 fully saturated rings. The zero-order valence-electron chi connectivity index (χ0n) is 16.9. The Hall–Kier alpha value is -2.24. The first-order chi connectivity index (χ1) is 13.6. The molecular weight excluding hydrogens is 369 g/mol. The maximum Gasteiger partial charge on any atom is 0.190 e. The van der Waals surface area contributed by atoms with Crippen LogP contribution in [0.3, 0.4) is 0 Å². The number of benzene rings is 2. The van der Waals surface area contributed by atoms with Gasteiger partial charge in [0.05, 0.1) is 11.4 Å². The van der Waals surface area contributed by atoms with Crippen LogP contribution >= 0.6 is 11.3 Å². The number of halogens is 1. The second-order valence-corrected chi connectivity index (χ2v) is 7.73. The lowest BCUT2D eigenvalue weighted by Gasteiger charge is -2.18. The maximum atomic E-state index is 13.2. The van der Waals surface area contributed by atoms with E-state index in [0.29, 0.717) is 0 Å². The average molecular weight is 398 g/mol. The average Bonchev–Trinajstić information content (AvgIpc) is 3.10. The molecular formula is C23H28FN3S. The fourth-order valence-corrected chi connectivity index (χ4v) is 4.16. The third-order valence-electron chi connectivity index (χ3n) is 4.95. The van der Waals surface area contributed by atoms with Crippen LogP contribution in [0.15, 0.2) is 58.9 Å². The highest BCUT2D eigenvalue weighted by molar-refractivity contribution is 7.07. The van der Waals surface area contributed by atoms with Crippen molar-refractivity contribution < 1.29 is 4.39 Å². The minimum absolute atomic E-state index is 0.238. The van der Waals surface area contributed by atoms with Crippen LogP contribution in [0, 0.1) is 12.7 Å². The summed E-state index contributed by atoms with van der Waals surface area (Å²) in [5.74, 6) is -0.238. The first kappa shape index (κ1) is 20.5. The number of hydrogen-bond acceptors (Lipinski definition) is 3. The molecule has 1 aromatic heterocycles. The van der Waals surface area contributed by atoms with Gasteiger partial charge in [0.25, 0.3) is 0 Å². The molecule has 0 N–H and O–H groups in total. The SMILES string of the molecule is CCN(CC)CCCn1c(-c2ccc(C)cc2)csc1=Nc1ccc(F)cc1. The van der Waals surface area contributed by atoms with Gasteiger partial charge in [0.15, 0.2) is 4.80 Å². The summed E-state index contributed by atoms with van der Waals surface area (Å²) in [5.41, 5.74) is 4.41. The molecule has 3 nitrogen and oxygen atoms in total. The van der Waals surface area contributed by atoms with E-state index in [1.165, 1.54) is 29.0 Å². The summed E-state index contributed by atoms with van der Waals surface area (Å²) in [7, 11) is 0. The predicted molar refractivity (Wildman–Crippen MR) is 117 cm³/mol. The molecule has 0 bridgehead atoms. The van der Waals surface area contributed by atoms with Gasteiger partial charge in [0.2, 0.25) is 0 Å². The van der Waals surface area contributed by atoms with E-state index in [-0.39, 0.29) is 5.82 Å². The molecule has 0 aliphatic carbocycles. The van der Waals surface area contributed by atoms with E-state index < -0.39 is 0 Å². The van der Waals surface area contributed by atoms with Crippen molar-refractivity contribution >= 4 is 17.0 Å². The molecule has 148 valence electrons. The van der Waals surface area contributed by atoms with Crippen molar-refractivity contribution in [2.24, 2.45) is 4.99 Å². The summed E-state index contributed by atoms with van der Waals surface area (Å²) in [6.07, 6.45) is 1.06. The molecule has 0 atom stereocenters. The summed E-state index contributed by atoms with van der Waals surface area (Å²) in [6, 6.07) is 15.0. The molecule has 3 aromatic rings. The fourth-order valence-electron chi connectivity index (χ4n) is 3.21. The Morgan fingerprint density at radius 1 is 1.00 bits per heavy atom. The van der Waals surface area contributed by atoms with Crippen molar-refractivity contribution in [2.75, 3.05) is 19.6 Å². The first-order valence-electron chi connectivity index (χ1n) is 9.88. The van der Waals surface area contributed by atoms with E-state index in [1.54, 1.807) is 23.5 Å². The Balaban J connectivity index is 1.94. The quantitative estimate of drug-likeness (QED) is 0.482. The van der Waals surface area contributed by atoms with Crippen LogP contribution in [0.2, 0.25) is 0 Å². The lowest BCUT2D eigenvalue weighted by molar-refractivity contribution is 0.293. The van der Waals surface area contributed by atoms with Crippen LogP contribution < -0.4 is 4.80 Å². The molecule has 0 radical (unpaired) electrons. The molecule has 0 saturated heterocycles. The lowest BCUT2D eigenvalue weighted by Crippen LogP contribution is -2.26. The van der Waals surface area contributed by atoms with Gasteiger partial charge in [-0.15, -0.1) is 11.3 Å². The molecule has 1 heterocycles. The number of aromatic nitrogens is 1. The standard InChI is InChI=1S/C23H28FN3S/c1-4-26(5-2)15-6-16-27-22(19-9-7-18(3)8-10-19)17-28-23(27)25-21-13-11-20(24)12-14-21/h7-14,17H,4-6,15-16H2,1-3H3. The van der Waals surface area contributed by atoms with Crippen LogP contribution in [0.5, 0.6) is 0 Å². The van der Waals surface area contributed by atoms with Crippen molar-refractivity contribution in [1.29, 1.82) is 0 Å². The Kier molecular flexibility index (Phi) is 7.18. The highest BCUT2D eigenvalue weighted by atomic mass is 32.1. The topological polar surface area (TPSA) is 20.5 Å². The number of rotatable bonds is 8. The first-order valence-corrected chi connectivity index (χ1v) is 10.8. The summed E-state index contributed by atoms with van der Waals surface area (Å²) >= 11 is 1.63. The number of hydrogen-bond donors (Lipinski definition) is 0. The smallest absolute Gasteiger partial charge is 0.190 e. The van der Waals surface area contributed by atoms with Gasteiger partial charge < -0.3 is 9.47 Å². The van der Waals surface area contributed by atoms with Crippen molar-refractivity contribution in [1.82, 2.24) is 9.47 Å². The largest absolute Gasteiger partial charge is 0.316 e. The van der Waals surface area contributed by atoms with Gasteiger partial charge in [-0.3, -0.25) is 0 Å². The zero-order valence-corrected chi connectivity index (χ0v) is 17.7. The van der Waals surface area contributed by atoms with Crippen LogP contribution in [0.1, 0.15) is 25.8 Å². The molecule has 0 aliphatic heterocycles. The molecule has 2 aromatic carbocycles. The number of nitrogens with zero attached hydrogens (tertiary/aromatic N) is 3. The summed E-state index contributed by atoms with van der Waals surface area (Å²) in [5, 5.41) is 2.17. The third-order valence-corrected chi connectivity index (χ3v) is 5.81. The molecule has 0 amide bonds. The highest BCUT2D eigenvalue weighted by Gasteiger charge is 2.09. The highest BCUT2D eigenvalue weighted by Crippen LogP contribution is 2.22. The molecule has 0 unspecified atom stereocenters. The number of aryl methyl sites for hydroxylation is 1. The van der Waals surface area contributed by atoms with E-state index in [4.69, 9.17) is 4.99 Å². The summed E-state index contributed by atoms with van der Waals surface area (Å²) in [4.78, 5) is 8.17. The minimum Gasteiger partial charge on any atom is -0.316 e. The van der Waals surface area contributed by atoms with Crippen LogP contribution in [-0.4, -0.2) is 29.1 Å². The Morgan fingerprint density at radius 3 is 2.32 bits per heavy atom. The van der Waals surface area contributed by atoms with Crippen LogP contribution in [-0.2, 0) is 6.54 Å². The lowest BCUT2D eigenvalue weighted by atomic mass is 10.1. The Bertz CT molecular complexity index is 935. The van der Waals surface area contributed by atoms with Crippen LogP contribution in [0.4, 0.5) is 10.1 Å².